The molecule has 44 heavy (non-hydrogen) atoms. The molecule has 0 radical (unpaired) electrons. The number of hydrogen-bond donors (Lipinski definition) is 6. The number of nitrogens with zero attached hydrogens (tertiary/aromatic N) is 1. The van der Waals surface area contributed by atoms with E-state index in [0.717, 1.165) is 46.5 Å². The van der Waals surface area contributed by atoms with Crippen molar-refractivity contribution in [3.8, 4) is 0 Å². The third kappa shape index (κ3) is 13.3. The zero-order valence-electron chi connectivity index (χ0n) is 28.2. The van der Waals surface area contributed by atoms with Crippen LogP contribution in [0.1, 0.15) is 47.1 Å². The Morgan fingerprint density at radius 3 is 1.89 bits per heavy atom. The first kappa shape index (κ1) is 38.3. The summed E-state index contributed by atoms with van der Waals surface area (Å²) in [6, 6.07) is 14.4. The highest BCUT2D eigenvalue weighted by atomic mass is 32.1. The normalized spacial score (nSPS) is 12.4. The van der Waals surface area contributed by atoms with E-state index < -0.39 is 0 Å². The number of thiol groups is 1. The molecular weight excluding hydrogens is 561 g/mol. The molecule has 0 spiro atoms. The van der Waals surface area contributed by atoms with Crippen LogP contribution in [0.5, 0.6) is 0 Å². The van der Waals surface area contributed by atoms with E-state index in [2.05, 4.69) is 137 Å². The summed E-state index contributed by atoms with van der Waals surface area (Å²) in [7, 11) is 0. The summed E-state index contributed by atoms with van der Waals surface area (Å²) < 4.78 is 2.22. The smallest absolute Gasteiger partial charge is 0.0691 e. The Morgan fingerprint density at radius 1 is 0.818 bits per heavy atom. The predicted molar refractivity (Wildman–Crippen MR) is 198 cm³/mol. The van der Waals surface area contributed by atoms with Crippen LogP contribution in [-0.2, 0) is 12.0 Å². The van der Waals surface area contributed by atoms with Crippen LogP contribution in [0.3, 0.4) is 0 Å². The van der Waals surface area contributed by atoms with Crippen molar-refractivity contribution in [2.45, 2.75) is 64.8 Å². The molecule has 2 atom stereocenters. The highest BCUT2D eigenvalue weighted by molar-refractivity contribution is 7.80. The van der Waals surface area contributed by atoms with Crippen LogP contribution in [0.25, 0.3) is 13.2 Å². The molecule has 242 valence electrons. The van der Waals surface area contributed by atoms with Crippen molar-refractivity contribution >= 4 is 25.8 Å². The molecule has 0 saturated heterocycles. The van der Waals surface area contributed by atoms with Crippen molar-refractivity contribution in [3.63, 3.8) is 0 Å². The van der Waals surface area contributed by atoms with E-state index in [9.17, 15) is 0 Å². The highest BCUT2D eigenvalue weighted by Gasteiger charge is 2.34. The molecule has 7 heteroatoms. The van der Waals surface area contributed by atoms with Crippen molar-refractivity contribution in [2.75, 3.05) is 26.2 Å². The van der Waals surface area contributed by atoms with Gasteiger partial charge in [-0.1, -0.05) is 104 Å². The Kier molecular flexibility index (Phi) is 15.8. The zero-order chi connectivity index (χ0) is 33.5. The Morgan fingerprint density at radius 2 is 1.36 bits per heavy atom. The molecule has 2 rings (SSSR count). The van der Waals surface area contributed by atoms with Gasteiger partial charge in [0.15, 0.2) is 0 Å². The second-order valence-electron chi connectivity index (χ2n) is 12.7. The van der Waals surface area contributed by atoms with E-state index >= 15 is 0 Å². The first-order valence-corrected chi connectivity index (χ1v) is 15.6. The summed E-state index contributed by atoms with van der Waals surface area (Å²) in [5.41, 5.74) is 4.96. The molecule has 0 fully saturated rings. The lowest BCUT2D eigenvalue weighted by molar-refractivity contribution is 0.134. The molecule has 0 aliphatic heterocycles. The summed E-state index contributed by atoms with van der Waals surface area (Å²) in [6.07, 6.45) is 2.43. The van der Waals surface area contributed by atoms with Crippen LogP contribution >= 0.6 is 12.6 Å². The predicted octanol–water partition coefficient (Wildman–Crippen LogP) is 5.15. The van der Waals surface area contributed by atoms with Crippen molar-refractivity contribution in [1.82, 2.24) is 31.2 Å². The van der Waals surface area contributed by atoms with E-state index in [4.69, 9.17) is 0 Å². The molecule has 5 N–H and O–H groups in total. The van der Waals surface area contributed by atoms with Gasteiger partial charge in [-0.25, -0.2) is 0 Å². The fourth-order valence-corrected chi connectivity index (χ4v) is 4.27. The molecule has 2 aromatic rings. The minimum atomic E-state index is -0.0159. The van der Waals surface area contributed by atoms with Crippen LogP contribution in [0, 0.1) is 5.41 Å². The molecule has 0 aliphatic rings. The van der Waals surface area contributed by atoms with Gasteiger partial charge >= 0.3 is 0 Å². The number of aromatic nitrogens is 1. The maximum atomic E-state index is 4.38. The first-order chi connectivity index (χ1) is 20.5. The number of rotatable bonds is 18. The third-order valence-corrected chi connectivity index (χ3v) is 7.89. The van der Waals surface area contributed by atoms with E-state index in [1.807, 2.05) is 37.3 Å². The fourth-order valence-electron chi connectivity index (χ4n) is 4.18. The molecule has 1 aromatic heterocycles. The van der Waals surface area contributed by atoms with E-state index in [0.29, 0.717) is 19.6 Å². The van der Waals surface area contributed by atoms with Crippen molar-refractivity contribution < 1.29 is 0 Å². The monoisotopic (exact) mass is 618 g/mol. The van der Waals surface area contributed by atoms with Gasteiger partial charge in [0.1, 0.15) is 0 Å². The van der Waals surface area contributed by atoms with Gasteiger partial charge < -0.3 is 31.2 Å². The molecule has 1 unspecified atom stereocenters. The van der Waals surface area contributed by atoms with Gasteiger partial charge in [-0.2, -0.15) is 12.6 Å². The summed E-state index contributed by atoms with van der Waals surface area (Å²) in [5.74, 6) is 0. The average molecular weight is 619 g/mol. The third-order valence-electron chi connectivity index (χ3n) is 7.71. The minimum Gasteiger partial charge on any atom is -0.386 e. The fraction of sp³-hybridized carbons (Fsp3) is 0.405. The number of nitrogens with one attached hydrogen (secondary N) is 5. The van der Waals surface area contributed by atoms with Gasteiger partial charge in [0.25, 0.3) is 0 Å². The minimum absolute atomic E-state index is 0.0159. The lowest BCUT2D eigenvalue weighted by Crippen LogP contribution is -2.48. The van der Waals surface area contributed by atoms with Crippen LogP contribution < -0.4 is 37.3 Å². The Balaban J connectivity index is 0.000000574. The summed E-state index contributed by atoms with van der Waals surface area (Å²) in [6.45, 7) is 44.0. The van der Waals surface area contributed by atoms with E-state index in [-0.39, 0.29) is 22.2 Å². The van der Waals surface area contributed by atoms with Gasteiger partial charge in [-0.15, -0.1) is 0 Å². The highest BCUT2D eigenvalue weighted by Crippen LogP contribution is 2.34. The molecule has 1 aromatic carbocycles. The second kappa shape index (κ2) is 18.2. The average Bonchev–Trinajstić information content (AvgIpc) is 3.30. The zero-order valence-corrected chi connectivity index (χ0v) is 29.0. The molecule has 0 aliphatic carbocycles. The lowest BCUT2D eigenvalue weighted by atomic mass is 9.76. The second-order valence-corrected chi connectivity index (χ2v) is 13.6. The molecule has 0 amide bonds. The first-order valence-electron chi connectivity index (χ1n) is 15.1. The van der Waals surface area contributed by atoms with Gasteiger partial charge in [0, 0.05) is 50.8 Å². The van der Waals surface area contributed by atoms with Gasteiger partial charge in [-0.05, 0) is 49.6 Å². The Bertz CT molecular complexity index is 1300. The van der Waals surface area contributed by atoms with Crippen molar-refractivity contribution in [3.05, 3.63) is 121 Å². The van der Waals surface area contributed by atoms with Crippen LogP contribution in [0.4, 0.5) is 0 Å². The Hall–Kier alpha value is -3.71. The van der Waals surface area contributed by atoms with Gasteiger partial charge in [-0.3, -0.25) is 0 Å². The topological polar surface area (TPSA) is 65.1 Å². The Labute approximate surface area is 273 Å². The van der Waals surface area contributed by atoms with Crippen LogP contribution in [0.2, 0.25) is 0 Å². The SMILES string of the molecule is C=CNCC(=C)NCC(=C)N[C@@H](Cc1ccccc1)C(=C)NCC(=C)NCC(C)S.C=c1ccc(=C)n1C(C)(C)C(C)(C)C. The van der Waals surface area contributed by atoms with E-state index in [1.54, 1.807) is 6.20 Å². The van der Waals surface area contributed by atoms with Gasteiger partial charge in [0.05, 0.1) is 25.7 Å². The molecular formula is C37H58N6S. The summed E-state index contributed by atoms with van der Waals surface area (Å²) in [5, 5.41) is 18.8. The van der Waals surface area contributed by atoms with Crippen LogP contribution in [-0.4, -0.2) is 42.0 Å². The van der Waals surface area contributed by atoms with E-state index in [1.165, 1.54) is 5.56 Å². The molecule has 1 heterocycles. The van der Waals surface area contributed by atoms with Crippen molar-refractivity contribution in [1.29, 1.82) is 0 Å². The number of hydrogen-bond acceptors (Lipinski definition) is 6. The molecule has 0 saturated carbocycles. The quantitative estimate of drug-likeness (QED) is 0.131. The number of benzene rings is 1. The maximum absolute atomic E-state index is 4.38. The van der Waals surface area contributed by atoms with Gasteiger partial charge in [0.2, 0.25) is 0 Å². The standard InChI is InChI=1S/C24H37N5S.C13H21N/c1-7-25-14-18(2)26-16-20(4)29-24(13-23-11-9-8-10-12-23)22(6)28-15-19(3)27-17-21(5)30;1-10-8-9-11(2)14(10)13(6,7)12(3,4)5/h7-12,21,24-30H,1-4,6,13-17H2,5H3;8-9H,1-2H2,3-7H3/t21?,24-;/m0./s1. The van der Waals surface area contributed by atoms with Crippen LogP contribution in [0.15, 0.2) is 104 Å². The summed E-state index contributed by atoms with van der Waals surface area (Å²) in [4.78, 5) is 0. The molecule has 6 nitrogen and oxygen atoms in total. The maximum Gasteiger partial charge on any atom is 0.0691 e. The molecule has 0 bridgehead atoms. The largest absolute Gasteiger partial charge is 0.386 e. The van der Waals surface area contributed by atoms with Crippen molar-refractivity contribution in [2.24, 2.45) is 5.41 Å². The lowest BCUT2D eigenvalue weighted by Gasteiger charge is -2.41. The summed E-state index contributed by atoms with van der Waals surface area (Å²) >= 11 is 4.38.